The van der Waals surface area contributed by atoms with Gasteiger partial charge >= 0.3 is 6.09 Å². The maximum absolute atomic E-state index is 12.2. The van der Waals surface area contributed by atoms with Gasteiger partial charge in [0.1, 0.15) is 0 Å². The van der Waals surface area contributed by atoms with Crippen LogP contribution in [0.1, 0.15) is 12.5 Å². The molecule has 0 aliphatic heterocycles. The summed E-state index contributed by atoms with van der Waals surface area (Å²) >= 11 is 0. The number of carbonyl (C=O) groups excluding carboxylic acids is 2. The Hall–Kier alpha value is -3.65. The van der Waals surface area contributed by atoms with Gasteiger partial charge in [-0.15, -0.1) is 0 Å². The number of anilines is 2. The quantitative estimate of drug-likeness (QED) is 0.527. The number of aromatic nitrogens is 2. The van der Waals surface area contributed by atoms with E-state index < -0.39 is 18.1 Å². The van der Waals surface area contributed by atoms with Crippen molar-refractivity contribution in [2.45, 2.75) is 26.2 Å². The zero-order valence-electron chi connectivity index (χ0n) is 16.7. The highest BCUT2D eigenvalue weighted by atomic mass is 16.6. The van der Waals surface area contributed by atoms with Gasteiger partial charge in [-0.05, 0) is 24.6 Å². The van der Waals surface area contributed by atoms with E-state index in [0.717, 1.165) is 5.56 Å². The smallest absolute Gasteiger partial charge is 0.412 e. The minimum atomic E-state index is -0.966. The molecule has 0 bridgehead atoms. The molecule has 8 nitrogen and oxygen atoms in total. The van der Waals surface area contributed by atoms with Gasteiger partial charge in [-0.2, -0.15) is 5.10 Å². The van der Waals surface area contributed by atoms with Gasteiger partial charge in [0, 0.05) is 11.9 Å². The highest BCUT2D eigenvalue weighted by Crippen LogP contribution is 2.09. The third-order valence-corrected chi connectivity index (χ3v) is 4.15. The predicted octanol–water partition coefficient (Wildman–Crippen LogP) is 3.68. The van der Waals surface area contributed by atoms with Crippen LogP contribution in [-0.4, -0.2) is 34.5 Å². The first-order valence-corrected chi connectivity index (χ1v) is 9.58. The standard InChI is InChI=1S/C22H24N4O4/c1-17(30-22(28)25-19-10-6-3-7-11-19)21(27)24-20-14-23-26(15-20)12-13-29-16-18-8-4-2-5-9-18/h2-11,14-15,17H,12-13,16H2,1H3,(H,24,27)(H,25,28). The van der Waals surface area contributed by atoms with Crippen LogP contribution in [0, 0.1) is 0 Å². The number of hydrogen-bond acceptors (Lipinski definition) is 5. The van der Waals surface area contributed by atoms with Crippen molar-refractivity contribution in [3.05, 3.63) is 78.6 Å². The van der Waals surface area contributed by atoms with Crippen LogP contribution >= 0.6 is 0 Å². The summed E-state index contributed by atoms with van der Waals surface area (Å²) in [6, 6.07) is 18.8. The van der Waals surface area contributed by atoms with Crippen LogP contribution in [0.15, 0.2) is 73.1 Å². The molecule has 0 saturated heterocycles. The molecule has 0 radical (unpaired) electrons. The summed E-state index contributed by atoms with van der Waals surface area (Å²) in [4.78, 5) is 24.1. The van der Waals surface area contributed by atoms with E-state index >= 15 is 0 Å². The van der Waals surface area contributed by atoms with Crippen molar-refractivity contribution in [3.8, 4) is 0 Å². The number of rotatable bonds is 9. The van der Waals surface area contributed by atoms with E-state index in [4.69, 9.17) is 9.47 Å². The molecule has 0 spiro atoms. The van der Waals surface area contributed by atoms with Crippen LogP contribution in [0.3, 0.4) is 0 Å². The van der Waals surface area contributed by atoms with Gasteiger partial charge in [0.05, 0.1) is 31.6 Å². The second-order valence-corrected chi connectivity index (χ2v) is 6.56. The first-order valence-electron chi connectivity index (χ1n) is 9.58. The van der Waals surface area contributed by atoms with Crippen molar-refractivity contribution in [2.75, 3.05) is 17.2 Å². The van der Waals surface area contributed by atoms with Gasteiger partial charge in [0.25, 0.3) is 5.91 Å². The maximum atomic E-state index is 12.2. The molecule has 0 saturated carbocycles. The number of nitrogens with zero attached hydrogens (tertiary/aromatic N) is 2. The van der Waals surface area contributed by atoms with Crippen molar-refractivity contribution >= 4 is 23.4 Å². The summed E-state index contributed by atoms with van der Waals surface area (Å²) in [5, 5.41) is 9.44. The molecule has 0 aliphatic rings. The molecule has 0 aliphatic carbocycles. The maximum Gasteiger partial charge on any atom is 0.412 e. The summed E-state index contributed by atoms with van der Waals surface area (Å²) in [5.74, 6) is -0.446. The van der Waals surface area contributed by atoms with Crippen molar-refractivity contribution in [1.29, 1.82) is 0 Å². The van der Waals surface area contributed by atoms with E-state index in [0.29, 0.717) is 31.1 Å². The molecule has 1 atom stereocenters. The van der Waals surface area contributed by atoms with E-state index in [1.54, 1.807) is 35.1 Å². The van der Waals surface area contributed by atoms with Gasteiger partial charge < -0.3 is 14.8 Å². The number of nitrogens with one attached hydrogen (secondary N) is 2. The minimum Gasteiger partial charge on any atom is -0.436 e. The second kappa shape index (κ2) is 10.8. The summed E-state index contributed by atoms with van der Waals surface area (Å²) in [5.41, 5.74) is 2.21. The molecule has 30 heavy (non-hydrogen) atoms. The molecule has 3 aromatic rings. The molecule has 2 N–H and O–H groups in total. The van der Waals surface area contributed by atoms with E-state index in [2.05, 4.69) is 15.7 Å². The predicted molar refractivity (Wildman–Crippen MR) is 113 cm³/mol. The molecule has 0 fully saturated rings. The number of benzene rings is 2. The second-order valence-electron chi connectivity index (χ2n) is 6.56. The first kappa shape index (κ1) is 21.1. The lowest BCUT2D eigenvalue weighted by molar-refractivity contribution is -0.123. The summed E-state index contributed by atoms with van der Waals surface area (Å²) in [6.45, 7) is 3.07. The fourth-order valence-corrected chi connectivity index (χ4v) is 2.60. The molecular formula is C22H24N4O4. The van der Waals surface area contributed by atoms with Crippen molar-refractivity contribution in [3.63, 3.8) is 0 Å². The Morgan fingerprint density at radius 3 is 2.43 bits per heavy atom. The Morgan fingerprint density at radius 2 is 1.70 bits per heavy atom. The van der Waals surface area contributed by atoms with Crippen molar-refractivity contribution in [1.82, 2.24) is 9.78 Å². The number of carbonyl (C=O) groups is 2. The molecule has 3 rings (SSSR count). The van der Waals surface area contributed by atoms with Crippen LogP contribution in [0.5, 0.6) is 0 Å². The fraction of sp³-hybridized carbons (Fsp3) is 0.227. The third kappa shape index (κ3) is 6.75. The van der Waals surface area contributed by atoms with Crippen molar-refractivity contribution in [2.24, 2.45) is 0 Å². The number of hydrogen-bond donors (Lipinski definition) is 2. The van der Waals surface area contributed by atoms with E-state index in [1.807, 2.05) is 36.4 Å². The molecule has 1 heterocycles. The zero-order chi connectivity index (χ0) is 21.2. The minimum absolute atomic E-state index is 0.446. The Bertz CT molecular complexity index is 944. The molecule has 8 heteroatoms. The van der Waals surface area contributed by atoms with Crippen LogP contribution < -0.4 is 10.6 Å². The lowest BCUT2D eigenvalue weighted by Gasteiger charge is -2.13. The van der Waals surface area contributed by atoms with Crippen LogP contribution in [0.25, 0.3) is 0 Å². The van der Waals surface area contributed by atoms with Gasteiger partial charge in [0.2, 0.25) is 0 Å². The topological polar surface area (TPSA) is 94.5 Å². The Kier molecular flexibility index (Phi) is 7.57. The molecule has 1 unspecified atom stereocenters. The number of para-hydroxylation sites is 1. The molecular weight excluding hydrogens is 384 g/mol. The Labute approximate surface area is 174 Å². The number of amides is 2. The van der Waals surface area contributed by atoms with Crippen molar-refractivity contribution < 1.29 is 19.1 Å². The molecule has 156 valence electrons. The first-order chi connectivity index (χ1) is 14.6. The fourth-order valence-electron chi connectivity index (χ4n) is 2.60. The van der Waals surface area contributed by atoms with Crippen LogP contribution in [0.4, 0.5) is 16.2 Å². The van der Waals surface area contributed by atoms with Crippen LogP contribution in [0.2, 0.25) is 0 Å². The van der Waals surface area contributed by atoms with E-state index in [1.165, 1.54) is 13.1 Å². The largest absolute Gasteiger partial charge is 0.436 e. The Balaban J connectivity index is 1.38. The zero-order valence-corrected chi connectivity index (χ0v) is 16.7. The normalized spacial score (nSPS) is 11.5. The van der Waals surface area contributed by atoms with Crippen LogP contribution in [-0.2, 0) is 27.4 Å². The van der Waals surface area contributed by atoms with Gasteiger partial charge in [-0.1, -0.05) is 48.5 Å². The lowest BCUT2D eigenvalue weighted by atomic mass is 10.2. The van der Waals surface area contributed by atoms with Gasteiger partial charge in [-0.25, -0.2) is 4.79 Å². The molecule has 2 amide bonds. The molecule has 2 aromatic carbocycles. The Morgan fingerprint density at radius 1 is 1.00 bits per heavy atom. The van der Waals surface area contributed by atoms with Gasteiger partial charge in [-0.3, -0.25) is 14.8 Å². The average Bonchev–Trinajstić information content (AvgIpc) is 3.19. The number of ether oxygens (including phenoxy) is 2. The molecule has 1 aromatic heterocycles. The third-order valence-electron chi connectivity index (χ3n) is 4.15. The monoisotopic (exact) mass is 408 g/mol. The van der Waals surface area contributed by atoms with E-state index in [-0.39, 0.29) is 0 Å². The summed E-state index contributed by atoms with van der Waals surface area (Å²) < 4.78 is 12.4. The SMILES string of the molecule is CC(OC(=O)Nc1ccccc1)C(=O)Nc1cnn(CCOCc2ccccc2)c1. The summed E-state index contributed by atoms with van der Waals surface area (Å²) in [7, 11) is 0. The van der Waals surface area contributed by atoms with Gasteiger partial charge in [0.15, 0.2) is 6.10 Å². The summed E-state index contributed by atoms with van der Waals surface area (Å²) in [6.07, 6.45) is 1.56. The van der Waals surface area contributed by atoms with E-state index in [9.17, 15) is 9.59 Å². The highest BCUT2D eigenvalue weighted by molar-refractivity contribution is 5.95. The highest BCUT2D eigenvalue weighted by Gasteiger charge is 2.18. The average molecular weight is 408 g/mol. The lowest BCUT2D eigenvalue weighted by Crippen LogP contribution is -2.31.